The molecule has 0 atom stereocenters. The van der Waals surface area contributed by atoms with Gasteiger partial charge >= 0.3 is 0 Å². The first-order valence-corrected chi connectivity index (χ1v) is 7.73. The van der Waals surface area contributed by atoms with Crippen molar-refractivity contribution in [2.45, 2.75) is 6.42 Å². The predicted octanol–water partition coefficient (Wildman–Crippen LogP) is 0.741. The largest absolute Gasteiger partial charge is 0.370 e. The molecule has 1 aromatic carbocycles. The Kier molecular flexibility index (Phi) is 5.78. The minimum Gasteiger partial charge on any atom is -0.370 e. The van der Waals surface area contributed by atoms with E-state index in [0.717, 1.165) is 31.9 Å². The average molecular weight is 321 g/mol. The zero-order valence-corrected chi connectivity index (χ0v) is 13.7. The molecule has 23 heavy (non-hydrogen) atoms. The Morgan fingerprint density at radius 1 is 1.22 bits per heavy atom. The zero-order valence-electron chi connectivity index (χ0n) is 13.7. The number of rotatable bonds is 4. The summed E-state index contributed by atoms with van der Waals surface area (Å²) in [4.78, 5) is 21.5. The first kappa shape index (κ1) is 17.1. The second-order valence-electron chi connectivity index (χ2n) is 5.73. The standard InChI is InChI=1S/C16H24FN5O/c1-20(2)15(23)7-8-19-16(18)22-11-9-21(10-12-22)14-5-3-13(17)4-6-14/h3-6H,7-12H2,1-2H3,(H2,18,19). The first-order chi connectivity index (χ1) is 11.0. The quantitative estimate of drug-likeness (QED) is 0.656. The maximum Gasteiger partial charge on any atom is 0.223 e. The van der Waals surface area contributed by atoms with Crippen molar-refractivity contribution in [2.24, 2.45) is 10.7 Å². The van der Waals surface area contributed by atoms with Crippen molar-refractivity contribution < 1.29 is 9.18 Å². The fourth-order valence-electron chi connectivity index (χ4n) is 2.44. The molecular weight excluding hydrogens is 297 g/mol. The molecule has 1 aliphatic heterocycles. The summed E-state index contributed by atoms with van der Waals surface area (Å²) in [6.45, 7) is 3.53. The molecule has 1 fully saturated rings. The molecule has 1 saturated heterocycles. The van der Waals surface area contributed by atoms with Gasteiger partial charge in [0, 0.05) is 52.4 Å². The smallest absolute Gasteiger partial charge is 0.223 e. The van der Waals surface area contributed by atoms with Crippen LogP contribution < -0.4 is 10.6 Å². The lowest BCUT2D eigenvalue weighted by Gasteiger charge is -2.36. The topological polar surface area (TPSA) is 65.2 Å². The third kappa shape index (κ3) is 4.84. The third-order valence-corrected chi connectivity index (χ3v) is 3.89. The van der Waals surface area contributed by atoms with Gasteiger partial charge in [0.1, 0.15) is 5.82 Å². The number of piperazine rings is 1. The van der Waals surface area contributed by atoms with E-state index in [1.54, 1.807) is 31.1 Å². The number of nitrogens with zero attached hydrogens (tertiary/aromatic N) is 4. The van der Waals surface area contributed by atoms with Crippen LogP contribution in [0.3, 0.4) is 0 Å². The van der Waals surface area contributed by atoms with Gasteiger partial charge in [0.2, 0.25) is 5.91 Å². The SMILES string of the molecule is CN(C)C(=O)CCN=C(N)N1CCN(c2ccc(F)cc2)CC1. The number of aliphatic imine (C=N–C) groups is 1. The van der Waals surface area contributed by atoms with Gasteiger partial charge < -0.3 is 20.4 Å². The van der Waals surface area contributed by atoms with E-state index in [4.69, 9.17) is 5.73 Å². The third-order valence-electron chi connectivity index (χ3n) is 3.89. The Morgan fingerprint density at radius 2 is 1.83 bits per heavy atom. The molecular formula is C16H24FN5O. The number of hydrogen-bond acceptors (Lipinski definition) is 3. The number of anilines is 1. The lowest BCUT2D eigenvalue weighted by atomic mass is 10.2. The highest BCUT2D eigenvalue weighted by Crippen LogP contribution is 2.16. The highest BCUT2D eigenvalue weighted by atomic mass is 19.1. The van der Waals surface area contributed by atoms with E-state index in [1.165, 1.54) is 12.1 Å². The summed E-state index contributed by atoms with van der Waals surface area (Å²) < 4.78 is 13.0. The Hall–Kier alpha value is -2.31. The van der Waals surface area contributed by atoms with Gasteiger partial charge in [-0.1, -0.05) is 0 Å². The highest BCUT2D eigenvalue weighted by molar-refractivity contribution is 5.79. The van der Waals surface area contributed by atoms with E-state index in [1.807, 2.05) is 4.90 Å². The van der Waals surface area contributed by atoms with Crippen LogP contribution in [0.4, 0.5) is 10.1 Å². The lowest BCUT2D eigenvalue weighted by molar-refractivity contribution is -0.128. The number of amides is 1. The summed E-state index contributed by atoms with van der Waals surface area (Å²) >= 11 is 0. The number of benzene rings is 1. The van der Waals surface area contributed by atoms with Gasteiger partial charge in [0.15, 0.2) is 5.96 Å². The molecule has 0 radical (unpaired) electrons. The van der Waals surface area contributed by atoms with Crippen LogP contribution in [-0.2, 0) is 4.79 Å². The lowest BCUT2D eigenvalue weighted by Crippen LogP contribution is -2.51. The van der Waals surface area contributed by atoms with Crippen molar-refractivity contribution in [1.82, 2.24) is 9.80 Å². The zero-order chi connectivity index (χ0) is 16.8. The van der Waals surface area contributed by atoms with Crippen LogP contribution in [0, 0.1) is 5.82 Å². The van der Waals surface area contributed by atoms with Crippen LogP contribution in [0.2, 0.25) is 0 Å². The molecule has 1 aliphatic rings. The molecule has 0 spiro atoms. The summed E-state index contributed by atoms with van der Waals surface area (Å²) in [5.41, 5.74) is 7.01. The first-order valence-electron chi connectivity index (χ1n) is 7.73. The van der Waals surface area contributed by atoms with Crippen molar-refractivity contribution in [1.29, 1.82) is 0 Å². The second-order valence-corrected chi connectivity index (χ2v) is 5.73. The summed E-state index contributed by atoms with van der Waals surface area (Å²) in [5, 5.41) is 0. The molecule has 1 heterocycles. The fraction of sp³-hybridized carbons (Fsp3) is 0.500. The average Bonchev–Trinajstić information content (AvgIpc) is 2.55. The van der Waals surface area contributed by atoms with Crippen LogP contribution in [0.15, 0.2) is 29.3 Å². The van der Waals surface area contributed by atoms with E-state index in [9.17, 15) is 9.18 Å². The van der Waals surface area contributed by atoms with Gasteiger partial charge in [-0.25, -0.2) is 4.39 Å². The van der Waals surface area contributed by atoms with Crippen molar-refractivity contribution in [3.05, 3.63) is 30.1 Å². The molecule has 1 amide bonds. The van der Waals surface area contributed by atoms with Gasteiger partial charge in [-0.2, -0.15) is 0 Å². The molecule has 2 rings (SSSR count). The molecule has 7 heteroatoms. The summed E-state index contributed by atoms with van der Waals surface area (Å²) in [6, 6.07) is 6.52. The highest BCUT2D eigenvalue weighted by Gasteiger charge is 2.18. The molecule has 6 nitrogen and oxygen atoms in total. The second kappa shape index (κ2) is 7.80. The van der Waals surface area contributed by atoms with Crippen LogP contribution in [-0.4, -0.2) is 68.5 Å². The van der Waals surface area contributed by atoms with E-state index >= 15 is 0 Å². The Morgan fingerprint density at radius 3 is 2.39 bits per heavy atom. The molecule has 2 N–H and O–H groups in total. The number of hydrogen-bond donors (Lipinski definition) is 1. The Bertz CT molecular complexity index is 550. The van der Waals surface area contributed by atoms with Crippen LogP contribution >= 0.6 is 0 Å². The van der Waals surface area contributed by atoms with E-state index in [0.29, 0.717) is 18.9 Å². The number of guanidine groups is 1. The minimum absolute atomic E-state index is 0.0441. The summed E-state index contributed by atoms with van der Waals surface area (Å²) in [7, 11) is 3.45. The fourth-order valence-corrected chi connectivity index (χ4v) is 2.44. The van der Waals surface area contributed by atoms with Crippen molar-refractivity contribution in [2.75, 3.05) is 51.7 Å². The van der Waals surface area contributed by atoms with Crippen molar-refractivity contribution in [3.8, 4) is 0 Å². The van der Waals surface area contributed by atoms with E-state index in [-0.39, 0.29) is 11.7 Å². The Balaban J connectivity index is 1.81. The molecule has 1 aromatic rings. The summed E-state index contributed by atoms with van der Waals surface area (Å²) in [5.74, 6) is 0.300. The molecule has 0 unspecified atom stereocenters. The monoisotopic (exact) mass is 321 g/mol. The van der Waals surface area contributed by atoms with Crippen molar-refractivity contribution >= 4 is 17.6 Å². The van der Waals surface area contributed by atoms with Crippen LogP contribution in [0.1, 0.15) is 6.42 Å². The Labute approximate surface area is 136 Å². The summed E-state index contributed by atoms with van der Waals surface area (Å²) in [6.07, 6.45) is 0.364. The number of halogens is 1. The number of nitrogens with two attached hydrogens (primary N) is 1. The maximum atomic E-state index is 13.0. The van der Waals surface area contributed by atoms with Gasteiger partial charge in [0.05, 0.1) is 6.54 Å². The number of carbonyl (C=O) groups excluding carboxylic acids is 1. The molecule has 0 saturated carbocycles. The van der Waals surface area contributed by atoms with Gasteiger partial charge in [-0.3, -0.25) is 9.79 Å². The van der Waals surface area contributed by atoms with E-state index < -0.39 is 0 Å². The normalized spacial score (nSPS) is 15.7. The van der Waals surface area contributed by atoms with Gasteiger partial charge in [-0.15, -0.1) is 0 Å². The van der Waals surface area contributed by atoms with Gasteiger partial charge in [-0.05, 0) is 24.3 Å². The van der Waals surface area contributed by atoms with Gasteiger partial charge in [0.25, 0.3) is 0 Å². The molecule has 126 valence electrons. The maximum absolute atomic E-state index is 13.0. The van der Waals surface area contributed by atoms with Crippen molar-refractivity contribution in [3.63, 3.8) is 0 Å². The predicted molar refractivity (Wildman–Crippen MR) is 90.0 cm³/mol. The molecule has 0 aliphatic carbocycles. The van der Waals surface area contributed by atoms with E-state index in [2.05, 4.69) is 9.89 Å². The molecule has 0 bridgehead atoms. The molecule has 0 aromatic heterocycles. The van der Waals surface area contributed by atoms with Crippen LogP contribution in [0.25, 0.3) is 0 Å². The number of carbonyl (C=O) groups is 1. The minimum atomic E-state index is -0.226. The van der Waals surface area contributed by atoms with Crippen LogP contribution in [0.5, 0.6) is 0 Å².